The maximum absolute atomic E-state index is 14.5. The highest BCUT2D eigenvalue weighted by Crippen LogP contribution is 2.47. The lowest BCUT2D eigenvalue weighted by atomic mass is 10.2. The van der Waals surface area contributed by atoms with Gasteiger partial charge in [0, 0.05) is 20.3 Å². The molecule has 3 aromatic carbocycles. The highest BCUT2D eigenvalue weighted by Gasteiger charge is 2.33. The predicted octanol–water partition coefficient (Wildman–Crippen LogP) is 5.50. The van der Waals surface area contributed by atoms with Crippen LogP contribution in [0.25, 0.3) is 10.1 Å². The Balaban J connectivity index is 2.06. The Morgan fingerprint density at radius 3 is 1.96 bits per heavy atom. The molecule has 4 aromatic rings. The van der Waals surface area contributed by atoms with Crippen LogP contribution < -0.4 is 15.2 Å². The first-order valence-electron chi connectivity index (χ1n) is 8.01. The number of benzene rings is 3. The van der Waals surface area contributed by atoms with Gasteiger partial charge in [-0.25, -0.2) is 0 Å². The van der Waals surface area contributed by atoms with Crippen molar-refractivity contribution in [3.8, 4) is 0 Å². The van der Waals surface area contributed by atoms with E-state index in [1.54, 1.807) is 11.3 Å². The van der Waals surface area contributed by atoms with Crippen LogP contribution in [0.1, 0.15) is 5.56 Å². The van der Waals surface area contributed by atoms with E-state index in [0.717, 1.165) is 30.9 Å². The van der Waals surface area contributed by atoms with Gasteiger partial charge in [-0.1, -0.05) is 72.3 Å². The van der Waals surface area contributed by atoms with Crippen LogP contribution in [-0.2, 0) is 4.57 Å². The highest BCUT2D eigenvalue weighted by molar-refractivity contribution is 7.89. The lowest BCUT2D eigenvalue weighted by Gasteiger charge is -2.19. The van der Waals surface area contributed by atoms with Crippen LogP contribution in [-0.4, -0.2) is 0 Å². The first-order valence-corrected chi connectivity index (χ1v) is 10.9. The number of rotatable bonds is 3. The van der Waals surface area contributed by atoms with E-state index in [4.69, 9.17) is 11.6 Å². The number of halogens is 1. The molecule has 0 aliphatic rings. The van der Waals surface area contributed by atoms with Gasteiger partial charge >= 0.3 is 0 Å². The lowest BCUT2D eigenvalue weighted by molar-refractivity contribution is 0.593. The first-order chi connectivity index (χ1) is 12.1. The molecule has 0 N–H and O–H groups in total. The fourth-order valence-electron chi connectivity index (χ4n) is 3.14. The van der Waals surface area contributed by atoms with E-state index in [0.29, 0.717) is 5.02 Å². The van der Waals surface area contributed by atoms with Gasteiger partial charge in [0.25, 0.3) is 0 Å². The van der Waals surface area contributed by atoms with E-state index in [2.05, 4.69) is 0 Å². The quantitative estimate of drug-likeness (QED) is 0.427. The molecule has 0 fully saturated rings. The van der Waals surface area contributed by atoms with Gasteiger partial charge in [0.15, 0.2) is 7.14 Å². The van der Waals surface area contributed by atoms with Crippen molar-refractivity contribution in [2.24, 2.45) is 0 Å². The molecule has 0 amide bonds. The summed E-state index contributed by atoms with van der Waals surface area (Å²) in [4.78, 5) is 0. The molecule has 1 heterocycles. The molecule has 0 radical (unpaired) electrons. The lowest BCUT2D eigenvalue weighted by Crippen LogP contribution is -2.24. The zero-order valence-electron chi connectivity index (χ0n) is 13.6. The third-order valence-electron chi connectivity index (χ3n) is 4.40. The van der Waals surface area contributed by atoms with Gasteiger partial charge in [0.1, 0.15) is 0 Å². The molecular formula is C21H16ClOPS. The molecule has 0 saturated carbocycles. The summed E-state index contributed by atoms with van der Waals surface area (Å²) >= 11 is 7.79. The van der Waals surface area contributed by atoms with Crippen LogP contribution in [0.2, 0.25) is 5.02 Å². The van der Waals surface area contributed by atoms with Gasteiger partial charge < -0.3 is 4.57 Å². The minimum absolute atomic E-state index is 0.703. The third-order valence-corrected chi connectivity index (χ3v) is 9.71. The molecule has 0 atom stereocenters. The Hall–Kier alpha value is -1.86. The standard InChI is InChI=1S/C21H16ClOPS/c1-15-19-14-16(22)12-13-20(19)25-21(15)24(23,17-8-4-2-5-9-17)18-10-6-3-7-11-18/h2-14H,1H3. The summed E-state index contributed by atoms with van der Waals surface area (Å²) in [5, 5.41) is 3.51. The molecular weight excluding hydrogens is 367 g/mol. The monoisotopic (exact) mass is 382 g/mol. The van der Waals surface area contributed by atoms with Gasteiger partial charge in [0.2, 0.25) is 0 Å². The maximum atomic E-state index is 14.5. The summed E-state index contributed by atoms with van der Waals surface area (Å²) in [5.41, 5.74) is 1.05. The summed E-state index contributed by atoms with van der Waals surface area (Å²) in [6, 6.07) is 25.4. The molecule has 1 aromatic heterocycles. The maximum Gasteiger partial charge on any atom is 0.180 e. The number of hydrogen-bond acceptors (Lipinski definition) is 2. The van der Waals surface area contributed by atoms with Crippen LogP contribution in [0, 0.1) is 6.92 Å². The number of hydrogen-bond donors (Lipinski definition) is 0. The zero-order valence-corrected chi connectivity index (χ0v) is 16.1. The Labute approximate surface area is 156 Å². The van der Waals surface area contributed by atoms with Crippen molar-refractivity contribution < 1.29 is 4.57 Å². The molecule has 0 bridgehead atoms. The second-order valence-corrected chi connectivity index (χ2v) is 10.4. The van der Waals surface area contributed by atoms with Crippen molar-refractivity contribution in [1.82, 2.24) is 0 Å². The predicted molar refractivity (Wildman–Crippen MR) is 111 cm³/mol. The summed E-state index contributed by atoms with van der Waals surface area (Å²) < 4.78 is 16.5. The summed E-state index contributed by atoms with van der Waals surface area (Å²) in [7, 11) is -2.93. The molecule has 0 saturated heterocycles. The van der Waals surface area contributed by atoms with Crippen molar-refractivity contribution in [1.29, 1.82) is 0 Å². The SMILES string of the molecule is Cc1c(P(=O)(c2ccccc2)c2ccccc2)sc2ccc(Cl)cc12. The first kappa shape index (κ1) is 16.6. The fraction of sp³-hybridized carbons (Fsp3) is 0.0476. The van der Waals surface area contributed by atoms with Crippen LogP contribution in [0.4, 0.5) is 0 Å². The number of aryl methyl sites for hydroxylation is 1. The van der Waals surface area contributed by atoms with Crippen molar-refractivity contribution in [2.75, 3.05) is 0 Å². The zero-order chi connectivity index (χ0) is 17.4. The summed E-state index contributed by atoms with van der Waals surface area (Å²) in [5.74, 6) is 0. The highest BCUT2D eigenvalue weighted by atomic mass is 35.5. The normalized spacial score (nSPS) is 11.8. The molecule has 4 heteroatoms. The molecule has 0 aliphatic carbocycles. The third kappa shape index (κ3) is 2.75. The van der Waals surface area contributed by atoms with Crippen LogP contribution >= 0.6 is 30.1 Å². The van der Waals surface area contributed by atoms with E-state index >= 15 is 0 Å². The second-order valence-electron chi connectivity index (χ2n) is 5.95. The van der Waals surface area contributed by atoms with Crippen molar-refractivity contribution in [2.45, 2.75) is 6.92 Å². The van der Waals surface area contributed by atoms with Crippen molar-refractivity contribution in [3.05, 3.63) is 89.4 Å². The van der Waals surface area contributed by atoms with Crippen molar-refractivity contribution in [3.63, 3.8) is 0 Å². The van der Waals surface area contributed by atoms with E-state index in [-0.39, 0.29) is 0 Å². The minimum atomic E-state index is -2.93. The van der Waals surface area contributed by atoms with Crippen molar-refractivity contribution >= 4 is 55.4 Å². The topological polar surface area (TPSA) is 17.1 Å². The van der Waals surface area contributed by atoms with Gasteiger partial charge in [-0.2, -0.15) is 0 Å². The minimum Gasteiger partial charge on any atom is -0.308 e. The smallest absolute Gasteiger partial charge is 0.180 e. The number of thiophene rings is 1. The Kier molecular flexibility index (Phi) is 4.29. The van der Waals surface area contributed by atoms with Gasteiger partial charge in [-0.05, 0) is 36.1 Å². The Morgan fingerprint density at radius 1 is 0.840 bits per heavy atom. The molecule has 0 aliphatic heterocycles. The fourth-order valence-corrected chi connectivity index (χ4v) is 8.23. The van der Waals surface area contributed by atoms with E-state index < -0.39 is 7.14 Å². The molecule has 1 nitrogen and oxygen atoms in total. The van der Waals surface area contributed by atoms with E-state index in [1.165, 1.54) is 0 Å². The van der Waals surface area contributed by atoms with E-state index in [9.17, 15) is 4.57 Å². The largest absolute Gasteiger partial charge is 0.308 e. The summed E-state index contributed by atoms with van der Waals surface area (Å²) in [6.07, 6.45) is 0. The molecule has 4 rings (SSSR count). The van der Waals surface area contributed by atoms with E-state index in [1.807, 2.05) is 85.8 Å². The van der Waals surface area contributed by atoms with Crippen LogP contribution in [0.5, 0.6) is 0 Å². The average molecular weight is 383 g/mol. The molecule has 25 heavy (non-hydrogen) atoms. The number of fused-ring (bicyclic) bond motifs is 1. The van der Waals surface area contributed by atoms with Crippen LogP contribution in [0.15, 0.2) is 78.9 Å². The Morgan fingerprint density at radius 2 is 1.40 bits per heavy atom. The molecule has 124 valence electrons. The van der Waals surface area contributed by atoms with Gasteiger partial charge in [0.05, 0.1) is 4.62 Å². The second kappa shape index (κ2) is 6.46. The van der Waals surface area contributed by atoms with Crippen LogP contribution in [0.3, 0.4) is 0 Å². The Bertz CT molecular complexity index is 1040. The molecule has 0 unspecified atom stereocenters. The van der Waals surface area contributed by atoms with Gasteiger partial charge in [-0.3, -0.25) is 0 Å². The van der Waals surface area contributed by atoms with Gasteiger partial charge in [-0.15, -0.1) is 11.3 Å². The average Bonchev–Trinajstić information content (AvgIpc) is 2.99. The molecule has 0 spiro atoms. The summed E-state index contributed by atoms with van der Waals surface area (Å²) in [6.45, 7) is 2.04.